The number of urea groups is 1. The molecule has 5 heteroatoms. The minimum atomic E-state index is 0.0224. The van der Waals surface area contributed by atoms with Crippen molar-refractivity contribution in [3.8, 4) is 5.75 Å². The summed E-state index contributed by atoms with van der Waals surface area (Å²) in [5.74, 6) is 0.829. The average Bonchev–Trinajstić information content (AvgIpc) is 2.53. The van der Waals surface area contributed by atoms with Crippen LogP contribution < -0.4 is 10.1 Å². The minimum absolute atomic E-state index is 0.0224. The van der Waals surface area contributed by atoms with E-state index in [1.54, 1.807) is 7.11 Å². The Morgan fingerprint density at radius 1 is 1.19 bits per heavy atom. The van der Waals surface area contributed by atoms with Gasteiger partial charge in [0.2, 0.25) is 0 Å². The van der Waals surface area contributed by atoms with Crippen LogP contribution in [0.1, 0.15) is 19.4 Å². The Balaban J connectivity index is 1.77. The van der Waals surface area contributed by atoms with E-state index in [9.17, 15) is 4.79 Å². The number of benzene rings is 1. The van der Waals surface area contributed by atoms with Crippen molar-refractivity contribution in [2.45, 2.75) is 26.4 Å². The van der Waals surface area contributed by atoms with Crippen LogP contribution in [0.25, 0.3) is 0 Å². The van der Waals surface area contributed by atoms with Crippen LogP contribution in [-0.2, 0) is 6.54 Å². The molecular formula is C16H25N3O2. The minimum Gasteiger partial charge on any atom is -0.497 e. The van der Waals surface area contributed by atoms with Gasteiger partial charge in [0.25, 0.3) is 0 Å². The number of methoxy groups -OCH3 is 1. The molecule has 2 rings (SSSR count). The molecule has 1 aliphatic heterocycles. The van der Waals surface area contributed by atoms with Crippen LogP contribution in [0.15, 0.2) is 24.3 Å². The molecule has 2 amide bonds. The maximum absolute atomic E-state index is 12.1. The maximum atomic E-state index is 12.1. The molecule has 0 radical (unpaired) electrons. The van der Waals surface area contributed by atoms with E-state index in [-0.39, 0.29) is 6.03 Å². The summed E-state index contributed by atoms with van der Waals surface area (Å²) in [5.41, 5.74) is 1.07. The van der Waals surface area contributed by atoms with Crippen molar-refractivity contribution in [2.24, 2.45) is 0 Å². The number of carbonyl (C=O) groups is 1. The lowest BCUT2D eigenvalue weighted by Crippen LogP contribution is -2.53. The summed E-state index contributed by atoms with van der Waals surface area (Å²) in [6, 6.07) is 8.32. The zero-order valence-corrected chi connectivity index (χ0v) is 13.1. The van der Waals surface area contributed by atoms with Gasteiger partial charge in [-0.3, -0.25) is 4.90 Å². The van der Waals surface area contributed by atoms with Gasteiger partial charge in [0, 0.05) is 38.8 Å². The number of amides is 2. The summed E-state index contributed by atoms with van der Waals surface area (Å²) in [7, 11) is 1.65. The van der Waals surface area contributed by atoms with Gasteiger partial charge >= 0.3 is 6.03 Å². The molecule has 1 aromatic rings. The van der Waals surface area contributed by atoms with Crippen molar-refractivity contribution in [3.05, 3.63) is 29.8 Å². The van der Waals surface area contributed by atoms with Crippen molar-refractivity contribution < 1.29 is 9.53 Å². The third-order valence-corrected chi connectivity index (χ3v) is 3.93. The van der Waals surface area contributed by atoms with Crippen LogP contribution in [0, 0.1) is 0 Å². The van der Waals surface area contributed by atoms with Crippen LogP contribution in [0.4, 0.5) is 4.79 Å². The van der Waals surface area contributed by atoms with E-state index < -0.39 is 0 Å². The van der Waals surface area contributed by atoms with Gasteiger partial charge in [-0.1, -0.05) is 12.1 Å². The van der Waals surface area contributed by atoms with Crippen molar-refractivity contribution in [1.82, 2.24) is 15.1 Å². The second kappa shape index (κ2) is 7.31. The highest BCUT2D eigenvalue weighted by molar-refractivity contribution is 5.74. The molecule has 0 unspecified atom stereocenters. The smallest absolute Gasteiger partial charge is 0.317 e. The Bertz CT molecular complexity index is 451. The van der Waals surface area contributed by atoms with Crippen molar-refractivity contribution in [1.29, 1.82) is 0 Å². The normalized spacial score (nSPS) is 16.1. The van der Waals surface area contributed by atoms with Gasteiger partial charge < -0.3 is 15.0 Å². The molecule has 1 saturated heterocycles. The van der Waals surface area contributed by atoms with E-state index in [0.717, 1.165) is 37.5 Å². The zero-order chi connectivity index (χ0) is 15.2. The molecule has 0 bridgehead atoms. The van der Waals surface area contributed by atoms with Crippen LogP contribution in [0.3, 0.4) is 0 Å². The van der Waals surface area contributed by atoms with Gasteiger partial charge in [0.15, 0.2) is 0 Å². The first kappa shape index (κ1) is 15.6. The number of ether oxygens (including phenoxy) is 1. The fraction of sp³-hybridized carbons (Fsp3) is 0.562. The van der Waals surface area contributed by atoms with E-state index in [0.29, 0.717) is 12.6 Å². The van der Waals surface area contributed by atoms with Gasteiger partial charge in [-0.2, -0.15) is 0 Å². The van der Waals surface area contributed by atoms with Crippen molar-refractivity contribution >= 4 is 6.03 Å². The largest absolute Gasteiger partial charge is 0.497 e. The first-order valence-electron chi connectivity index (χ1n) is 7.50. The average molecular weight is 291 g/mol. The first-order chi connectivity index (χ1) is 10.1. The molecule has 1 N–H and O–H groups in total. The predicted molar refractivity (Wildman–Crippen MR) is 83.5 cm³/mol. The van der Waals surface area contributed by atoms with Gasteiger partial charge in [-0.05, 0) is 31.5 Å². The van der Waals surface area contributed by atoms with Gasteiger partial charge in [-0.25, -0.2) is 4.79 Å². The van der Waals surface area contributed by atoms with Crippen LogP contribution in [0.2, 0.25) is 0 Å². The summed E-state index contributed by atoms with van der Waals surface area (Å²) in [5, 5.41) is 2.98. The van der Waals surface area contributed by atoms with E-state index >= 15 is 0 Å². The van der Waals surface area contributed by atoms with E-state index in [1.165, 1.54) is 0 Å². The number of hydrogen-bond donors (Lipinski definition) is 1. The summed E-state index contributed by atoms with van der Waals surface area (Å²) in [4.78, 5) is 16.4. The first-order valence-corrected chi connectivity index (χ1v) is 7.50. The zero-order valence-electron chi connectivity index (χ0n) is 13.1. The van der Waals surface area contributed by atoms with Crippen molar-refractivity contribution in [3.63, 3.8) is 0 Å². The second-order valence-corrected chi connectivity index (χ2v) is 5.62. The predicted octanol–water partition coefficient (Wildman–Crippen LogP) is 1.93. The number of carbonyl (C=O) groups excluding carboxylic acids is 1. The van der Waals surface area contributed by atoms with Crippen LogP contribution in [0.5, 0.6) is 5.75 Å². The quantitative estimate of drug-likeness (QED) is 0.922. The number of nitrogens with zero attached hydrogens (tertiary/aromatic N) is 2. The molecule has 1 aliphatic rings. The molecule has 116 valence electrons. The number of piperazine rings is 1. The van der Waals surface area contributed by atoms with E-state index in [1.807, 2.05) is 29.2 Å². The Hall–Kier alpha value is -1.75. The summed E-state index contributed by atoms with van der Waals surface area (Å²) >= 11 is 0. The molecule has 1 heterocycles. The lowest BCUT2D eigenvalue weighted by Gasteiger charge is -2.36. The molecular weight excluding hydrogens is 266 g/mol. The summed E-state index contributed by atoms with van der Waals surface area (Å²) in [6.45, 7) is 8.44. The highest BCUT2D eigenvalue weighted by Gasteiger charge is 2.21. The van der Waals surface area contributed by atoms with E-state index in [2.05, 4.69) is 24.1 Å². The Morgan fingerprint density at radius 2 is 1.81 bits per heavy atom. The van der Waals surface area contributed by atoms with Crippen LogP contribution >= 0.6 is 0 Å². The number of hydrogen-bond acceptors (Lipinski definition) is 3. The standard InChI is InChI=1S/C16H25N3O2/c1-13(2)18-8-10-19(11-9-18)16(20)17-12-14-4-6-15(21-3)7-5-14/h4-7,13H,8-12H2,1-3H3,(H,17,20). The van der Waals surface area contributed by atoms with E-state index in [4.69, 9.17) is 4.74 Å². The SMILES string of the molecule is COc1ccc(CNC(=O)N2CCN(C(C)C)CC2)cc1. The highest BCUT2D eigenvalue weighted by atomic mass is 16.5. The monoisotopic (exact) mass is 291 g/mol. The Morgan fingerprint density at radius 3 is 2.33 bits per heavy atom. The highest BCUT2D eigenvalue weighted by Crippen LogP contribution is 2.11. The molecule has 0 aromatic heterocycles. The molecule has 0 aliphatic carbocycles. The molecule has 21 heavy (non-hydrogen) atoms. The molecule has 5 nitrogen and oxygen atoms in total. The third-order valence-electron chi connectivity index (χ3n) is 3.93. The third kappa shape index (κ3) is 4.36. The summed E-state index contributed by atoms with van der Waals surface area (Å²) in [6.07, 6.45) is 0. The molecule has 0 atom stereocenters. The maximum Gasteiger partial charge on any atom is 0.317 e. The van der Waals surface area contributed by atoms with Gasteiger partial charge in [0.1, 0.15) is 5.75 Å². The molecule has 1 aromatic carbocycles. The van der Waals surface area contributed by atoms with Crippen LogP contribution in [-0.4, -0.2) is 55.2 Å². The fourth-order valence-electron chi connectivity index (χ4n) is 2.47. The van der Waals surface area contributed by atoms with Crippen molar-refractivity contribution in [2.75, 3.05) is 33.3 Å². The van der Waals surface area contributed by atoms with Gasteiger partial charge in [0.05, 0.1) is 7.11 Å². The second-order valence-electron chi connectivity index (χ2n) is 5.62. The Kier molecular flexibility index (Phi) is 5.44. The Labute approximate surface area is 126 Å². The number of rotatable bonds is 4. The topological polar surface area (TPSA) is 44.8 Å². The molecule has 1 fully saturated rings. The number of nitrogens with one attached hydrogen (secondary N) is 1. The summed E-state index contributed by atoms with van der Waals surface area (Å²) < 4.78 is 5.12. The lowest BCUT2D eigenvalue weighted by molar-refractivity contribution is 0.119. The fourth-order valence-corrected chi connectivity index (χ4v) is 2.47. The molecule has 0 saturated carbocycles. The van der Waals surface area contributed by atoms with Gasteiger partial charge in [-0.15, -0.1) is 0 Å². The lowest BCUT2D eigenvalue weighted by atomic mass is 10.2. The molecule has 0 spiro atoms.